The Labute approximate surface area is 109 Å². The number of alkyl halides is 1. The molecule has 0 aromatic heterocycles. The lowest BCUT2D eigenvalue weighted by Gasteiger charge is -2.38. The van der Waals surface area contributed by atoms with E-state index in [0.29, 0.717) is 6.54 Å². The van der Waals surface area contributed by atoms with Crippen molar-refractivity contribution < 1.29 is 13.9 Å². The molecule has 0 aromatic rings. The number of carbonyl (C=O) groups excluding carboxylic acids is 1. The Kier molecular flexibility index (Phi) is 5.79. The summed E-state index contributed by atoms with van der Waals surface area (Å²) in [6, 6.07) is 0.102. The van der Waals surface area contributed by atoms with E-state index < -0.39 is 6.17 Å². The van der Waals surface area contributed by atoms with Crippen LogP contribution in [0.2, 0.25) is 0 Å². The van der Waals surface area contributed by atoms with Crippen LogP contribution < -0.4 is 0 Å². The second-order valence-corrected chi connectivity index (χ2v) is 5.14. The van der Waals surface area contributed by atoms with E-state index in [1.807, 2.05) is 13.8 Å². The van der Waals surface area contributed by atoms with Crippen molar-refractivity contribution in [3.8, 4) is 0 Å². The highest BCUT2D eigenvalue weighted by molar-refractivity contribution is 5.72. The molecule has 18 heavy (non-hydrogen) atoms. The smallest absolute Gasteiger partial charge is 0.309 e. The van der Waals surface area contributed by atoms with Crippen LogP contribution in [0.15, 0.2) is 12.7 Å². The van der Waals surface area contributed by atoms with Gasteiger partial charge in [0.25, 0.3) is 0 Å². The molecule has 104 valence electrons. The van der Waals surface area contributed by atoms with Crippen LogP contribution in [0, 0.1) is 11.8 Å². The molecule has 0 bridgehead atoms. The molecule has 0 saturated carbocycles. The Bertz CT molecular complexity index is 296. The molecule has 1 fully saturated rings. The Hall–Kier alpha value is -0.900. The molecule has 1 rings (SSSR count). The molecule has 4 heteroatoms. The third-order valence-corrected chi connectivity index (χ3v) is 4.05. The number of likely N-dealkylation sites (tertiary alicyclic amines) is 1. The third-order valence-electron chi connectivity index (χ3n) is 4.05. The molecule has 1 saturated heterocycles. The van der Waals surface area contributed by atoms with Crippen molar-refractivity contribution in [2.75, 3.05) is 20.2 Å². The lowest BCUT2D eigenvalue weighted by atomic mass is 9.91. The summed E-state index contributed by atoms with van der Waals surface area (Å²) in [4.78, 5) is 13.7. The first-order valence-electron chi connectivity index (χ1n) is 6.59. The minimum Gasteiger partial charge on any atom is -0.469 e. The fraction of sp³-hybridized carbons (Fsp3) is 0.786. The topological polar surface area (TPSA) is 29.5 Å². The predicted molar refractivity (Wildman–Crippen MR) is 70.0 cm³/mol. The van der Waals surface area contributed by atoms with Gasteiger partial charge < -0.3 is 4.74 Å². The van der Waals surface area contributed by atoms with Gasteiger partial charge in [-0.15, -0.1) is 6.58 Å². The van der Waals surface area contributed by atoms with Crippen LogP contribution in [0.5, 0.6) is 0 Å². The second-order valence-electron chi connectivity index (χ2n) is 5.14. The number of esters is 1. The first-order valence-corrected chi connectivity index (χ1v) is 6.59. The fourth-order valence-corrected chi connectivity index (χ4v) is 2.55. The van der Waals surface area contributed by atoms with Gasteiger partial charge in [-0.1, -0.05) is 13.0 Å². The summed E-state index contributed by atoms with van der Waals surface area (Å²) in [5, 5.41) is 0. The fourth-order valence-electron chi connectivity index (χ4n) is 2.55. The molecular weight excluding hydrogens is 233 g/mol. The molecule has 0 amide bonds. The minimum atomic E-state index is -1.00. The maximum absolute atomic E-state index is 13.6. The van der Waals surface area contributed by atoms with Crippen LogP contribution in [0.1, 0.15) is 26.7 Å². The summed E-state index contributed by atoms with van der Waals surface area (Å²) in [7, 11) is 1.42. The lowest BCUT2D eigenvalue weighted by molar-refractivity contribution is -0.147. The van der Waals surface area contributed by atoms with Crippen molar-refractivity contribution in [3.05, 3.63) is 12.7 Å². The van der Waals surface area contributed by atoms with Gasteiger partial charge in [-0.3, -0.25) is 9.69 Å². The largest absolute Gasteiger partial charge is 0.469 e. The molecule has 0 aliphatic carbocycles. The highest BCUT2D eigenvalue weighted by atomic mass is 19.1. The van der Waals surface area contributed by atoms with Gasteiger partial charge in [-0.25, -0.2) is 4.39 Å². The van der Waals surface area contributed by atoms with E-state index in [0.717, 1.165) is 19.4 Å². The molecule has 0 radical (unpaired) electrons. The van der Waals surface area contributed by atoms with Gasteiger partial charge in [0, 0.05) is 18.5 Å². The number of hydrogen-bond acceptors (Lipinski definition) is 3. The van der Waals surface area contributed by atoms with Crippen LogP contribution in [0.3, 0.4) is 0 Å². The molecule has 1 heterocycles. The summed E-state index contributed by atoms with van der Waals surface area (Å²) < 4.78 is 18.4. The van der Waals surface area contributed by atoms with Crippen LogP contribution in [-0.4, -0.2) is 43.3 Å². The number of ether oxygens (including phenoxy) is 1. The summed E-state index contributed by atoms with van der Waals surface area (Å²) >= 11 is 0. The van der Waals surface area contributed by atoms with Crippen LogP contribution in [0.4, 0.5) is 4.39 Å². The predicted octanol–water partition coefficient (Wildman–Crippen LogP) is 2.42. The number of piperidine rings is 1. The number of allylic oxidation sites excluding steroid dienone is 1. The molecule has 0 N–H and O–H groups in total. The van der Waals surface area contributed by atoms with E-state index in [1.54, 1.807) is 0 Å². The SMILES string of the molecule is C=CC(F)[C@H](C)[C@H](C)N1CCCC(C(=O)OC)C1. The zero-order valence-corrected chi connectivity index (χ0v) is 11.6. The van der Waals surface area contributed by atoms with Gasteiger partial charge in [0.05, 0.1) is 13.0 Å². The Morgan fingerprint density at radius 3 is 2.78 bits per heavy atom. The number of nitrogens with zero attached hydrogens (tertiary/aromatic N) is 1. The van der Waals surface area contributed by atoms with E-state index in [2.05, 4.69) is 11.5 Å². The van der Waals surface area contributed by atoms with E-state index in [-0.39, 0.29) is 23.8 Å². The zero-order chi connectivity index (χ0) is 13.7. The van der Waals surface area contributed by atoms with Gasteiger partial charge in [0.15, 0.2) is 0 Å². The zero-order valence-electron chi connectivity index (χ0n) is 11.6. The second kappa shape index (κ2) is 6.88. The van der Waals surface area contributed by atoms with Gasteiger partial charge in [0.1, 0.15) is 6.17 Å². The average Bonchev–Trinajstić information content (AvgIpc) is 2.43. The Balaban J connectivity index is 2.60. The highest BCUT2D eigenvalue weighted by Crippen LogP contribution is 2.24. The summed E-state index contributed by atoms with van der Waals surface area (Å²) in [5.41, 5.74) is 0. The van der Waals surface area contributed by atoms with Crippen molar-refractivity contribution in [1.29, 1.82) is 0 Å². The Morgan fingerprint density at radius 2 is 2.22 bits per heavy atom. The van der Waals surface area contributed by atoms with Crippen molar-refractivity contribution in [2.24, 2.45) is 11.8 Å². The minimum absolute atomic E-state index is 0.0693. The van der Waals surface area contributed by atoms with Crippen molar-refractivity contribution >= 4 is 5.97 Å². The van der Waals surface area contributed by atoms with Crippen molar-refractivity contribution in [3.63, 3.8) is 0 Å². The number of carbonyl (C=O) groups is 1. The van der Waals surface area contributed by atoms with Crippen molar-refractivity contribution in [1.82, 2.24) is 4.90 Å². The maximum Gasteiger partial charge on any atom is 0.309 e. The molecule has 3 nitrogen and oxygen atoms in total. The lowest BCUT2D eigenvalue weighted by Crippen LogP contribution is -2.47. The van der Waals surface area contributed by atoms with E-state index in [1.165, 1.54) is 13.2 Å². The number of rotatable bonds is 5. The number of hydrogen-bond donors (Lipinski definition) is 0. The molecule has 0 spiro atoms. The maximum atomic E-state index is 13.6. The molecular formula is C14H24FNO2. The molecule has 2 unspecified atom stereocenters. The van der Waals surface area contributed by atoms with E-state index in [4.69, 9.17) is 4.74 Å². The standard InChI is InChI=1S/C14H24FNO2/c1-5-13(15)10(2)11(3)16-8-6-7-12(9-16)14(17)18-4/h5,10-13H,1,6-9H2,2-4H3/t10-,11+,12?,13?/m1/s1. The van der Waals surface area contributed by atoms with Gasteiger partial charge in [-0.2, -0.15) is 0 Å². The van der Waals surface area contributed by atoms with Crippen LogP contribution in [-0.2, 0) is 9.53 Å². The monoisotopic (exact) mass is 257 g/mol. The van der Waals surface area contributed by atoms with Crippen molar-refractivity contribution in [2.45, 2.75) is 38.9 Å². The van der Waals surface area contributed by atoms with Crippen LogP contribution in [0.25, 0.3) is 0 Å². The first kappa shape index (κ1) is 15.2. The highest BCUT2D eigenvalue weighted by Gasteiger charge is 2.32. The van der Waals surface area contributed by atoms with E-state index >= 15 is 0 Å². The average molecular weight is 257 g/mol. The summed E-state index contributed by atoms with van der Waals surface area (Å²) in [6.45, 7) is 8.99. The third kappa shape index (κ3) is 3.55. The van der Waals surface area contributed by atoms with Gasteiger partial charge >= 0.3 is 5.97 Å². The molecule has 1 aliphatic heterocycles. The normalized spacial score (nSPS) is 26.1. The van der Waals surface area contributed by atoms with E-state index in [9.17, 15) is 9.18 Å². The molecule has 0 aromatic carbocycles. The molecule has 1 aliphatic rings. The summed E-state index contributed by atoms with van der Waals surface area (Å²) in [6.07, 6.45) is 2.17. The molecule has 4 atom stereocenters. The summed E-state index contributed by atoms with van der Waals surface area (Å²) in [5.74, 6) is -0.334. The first-order chi connectivity index (χ1) is 8.51. The van der Waals surface area contributed by atoms with Gasteiger partial charge in [-0.05, 0) is 26.3 Å². The Morgan fingerprint density at radius 1 is 1.56 bits per heavy atom. The van der Waals surface area contributed by atoms with Crippen LogP contribution >= 0.6 is 0 Å². The quantitative estimate of drug-likeness (QED) is 0.559. The number of methoxy groups -OCH3 is 1. The van der Waals surface area contributed by atoms with Gasteiger partial charge in [0.2, 0.25) is 0 Å². The number of halogens is 1.